The molecule has 152 valence electrons. The van der Waals surface area contributed by atoms with Gasteiger partial charge in [-0.2, -0.15) is 18.3 Å². The standard InChI is InChI=1S/C21H14F4N4O/c1-29-19-17(11-26-29)16(10-18(28-19)12-5-7-14(22)8-6-12)20(30)27-15-4-2-3-13(9-15)21(23,24)25/h2-11H,1H3,(H,27,30). The Bertz CT molecular complexity index is 1250. The van der Waals surface area contributed by atoms with Crippen LogP contribution >= 0.6 is 0 Å². The van der Waals surface area contributed by atoms with Gasteiger partial charge < -0.3 is 5.32 Å². The summed E-state index contributed by atoms with van der Waals surface area (Å²) in [5.74, 6) is -1.03. The maximum atomic E-state index is 13.3. The minimum Gasteiger partial charge on any atom is -0.322 e. The van der Waals surface area contributed by atoms with Crippen LogP contribution in [0.3, 0.4) is 0 Å². The van der Waals surface area contributed by atoms with E-state index in [-0.39, 0.29) is 11.3 Å². The number of fused-ring (bicyclic) bond motifs is 1. The van der Waals surface area contributed by atoms with Gasteiger partial charge in [-0.25, -0.2) is 9.37 Å². The highest BCUT2D eigenvalue weighted by atomic mass is 19.4. The van der Waals surface area contributed by atoms with E-state index in [1.807, 2.05) is 0 Å². The van der Waals surface area contributed by atoms with E-state index in [9.17, 15) is 22.4 Å². The van der Waals surface area contributed by atoms with Crippen LogP contribution in [-0.4, -0.2) is 20.7 Å². The Morgan fingerprint density at radius 1 is 1.07 bits per heavy atom. The number of aromatic nitrogens is 3. The topological polar surface area (TPSA) is 59.8 Å². The Hall–Kier alpha value is -3.75. The third-order valence-electron chi connectivity index (χ3n) is 4.54. The van der Waals surface area contributed by atoms with Crippen molar-refractivity contribution in [3.05, 3.63) is 77.7 Å². The molecule has 0 saturated carbocycles. The van der Waals surface area contributed by atoms with Gasteiger partial charge in [0.1, 0.15) is 5.82 Å². The van der Waals surface area contributed by atoms with E-state index in [0.29, 0.717) is 22.3 Å². The van der Waals surface area contributed by atoms with Crippen LogP contribution in [0.2, 0.25) is 0 Å². The second-order valence-corrected chi connectivity index (χ2v) is 6.60. The molecule has 0 bridgehead atoms. The number of rotatable bonds is 3. The number of amides is 1. The first-order valence-electron chi connectivity index (χ1n) is 8.80. The summed E-state index contributed by atoms with van der Waals surface area (Å²) in [6, 6.07) is 11.5. The van der Waals surface area contributed by atoms with Crippen LogP contribution in [0.5, 0.6) is 0 Å². The minimum atomic E-state index is -4.52. The quantitative estimate of drug-likeness (QED) is 0.478. The molecule has 0 aliphatic heterocycles. The summed E-state index contributed by atoms with van der Waals surface area (Å²) in [5, 5.41) is 7.04. The molecule has 0 unspecified atom stereocenters. The number of alkyl halides is 3. The number of pyridine rings is 1. The number of carbonyl (C=O) groups excluding carboxylic acids is 1. The second kappa shape index (κ2) is 7.25. The summed E-state index contributed by atoms with van der Waals surface area (Å²) in [6.07, 6.45) is -3.07. The molecular formula is C21H14F4N4O. The minimum absolute atomic E-state index is 0.00649. The molecule has 4 aromatic rings. The van der Waals surface area contributed by atoms with Crippen LogP contribution in [0, 0.1) is 5.82 Å². The fraction of sp³-hybridized carbons (Fsp3) is 0.0952. The Labute approximate surface area is 168 Å². The van der Waals surface area contributed by atoms with Gasteiger partial charge in [0.2, 0.25) is 0 Å². The molecule has 1 amide bonds. The highest BCUT2D eigenvalue weighted by Crippen LogP contribution is 2.31. The van der Waals surface area contributed by atoms with Crippen molar-refractivity contribution in [1.82, 2.24) is 14.8 Å². The average molecular weight is 414 g/mol. The maximum absolute atomic E-state index is 13.3. The largest absolute Gasteiger partial charge is 0.416 e. The Kier molecular flexibility index (Phi) is 4.73. The SMILES string of the molecule is Cn1ncc2c(C(=O)Nc3cccc(C(F)(F)F)c3)cc(-c3ccc(F)cc3)nc21. The van der Waals surface area contributed by atoms with Crippen molar-refractivity contribution >= 4 is 22.6 Å². The summed E-state index contributed by atoms with van der Waals surface area (Å²) < 4.78 is 53.6. The van der Waals surface area contributed by atoms with Gasteiger partial charge in [-0.3, -0.25) is 9.48 Å². The number of nitrogens with one attached hydrogen (secondary N) is 1. The van der Waals surface area contributed by atoms with Crippen LogP contribution in [0.1, 0.15) is 15.9 Å². The third kappa shape index (κ3) is 3.73. The number of benzene rings is 2. The van der Waals surface area contributed by atoms with E-state index in [1.54, 1.807) is 7.05 Å². The number of anilines is 1. The van der Waals surface area contributed by atoms with Gasteiger partial charge >= 0.3 is 6.18 Å². The van der Waals surface area contributed by atoms with Crippen molar-refractivity contribution in [3.63, 3.8) is 0 Å². The van der Waals surface area contributed by atoms with Gasteiger partial charge in [0.25, 0.3) is 5.91 Å². The summed E-state index contributed by atoms with van der Waals surface area (Å²) in [7, 11) is 1.65. The Balaban J connectivity index is 1.76. The molecule has 0 fully saturated rings. The molecule has 2 heterocycles. The molecule has 9 heteroatoms. The molecule has 30 heavy (non-hydrogen) atoms. The lowest BCUT2D eigenvalue weighted by atomic mass is 10.1. The molecule has 2 aromatic heterocycles. The van der Waals surface area contributed by atoms with E-state index < -0.39 is 23.5 Å². The Morgan fingerprint density at radius 2 is 1.80 bits per heavy atom. The molecule has 0 spiro atoms. The van der Waals surface area contributed by atoms with E-state index in [0.717, 1.165) is 12.1 Å². The maximum Gasteiger partial charge on any atom is 0.416 e. The predicted molar refractivity (Wildman–Crippen MR) is 103 cm³/mol. The monoisotopic (exact) mass is 414 g/mol. The average Bonchev–Trinajstić information content (AvgIpc) is 3.08. The van der Waals surface area contributed by atoms with Crippen LogP contribution in [0.4, 0.5) is 23.2 Å². The zero-order valence-electron chi connectivity index (χ0n) is 15.5. The van der Waals surface area contributed by atoms with Crippen molar-refractivity contribution in [2.24, 2.45) is 7.05 Å². The van der Waals surface area contributed by atoms with Gasteiger partial charge in [-0.05, 0) is 48.5 Å². The normalized spacial score (nSPS) is 11.6. The Morgan fingerprint density at radius 3 is 2.50 bits per heavy atom. The highest BCUT2D eigenvalue weighted by molar-refractivity contribution is 6.12. The molecule has 0 saturated heterocycles. The van der Waals surface area contributed by atoms with Gasteiger partial charge in [0.05, 0.1) is 28.4 Å². The third-order valence-corrected chi connectivity index (χ3v) is 4.54. The first-order valence-corrected chi connectivity index (χ1v) is 8.80. The van der Waals surface area contributed by atoms with Crippen LogP contribution in [-0.2, 0) is 13.2 Å². The second-order valence-electron chi connectivity index (χ2n) is 6.60. The lowest BCUT2D eigenvalue weighted by Crippen LogP contribution is -2.14. The first-order chi connectivity index (χ1) is 14.2. The van der Waals surface area contributed by atoms with E-state index in [2.05, 4.69) is 15.4 Å². The molecule has 0 aliphatic carbocycles. The molecule has 4 rings (SSSR count). The van der Waals surface area contributed by atoms with E-state index in [4.69, 9.17) is 0 Å². The van der Waals surface area contributed by atoms with Crippen molar-refractivity contribution in [3.8, 4) is 11.3 Å². The molecule has 0 radical (unpaired) electrons. The zero-order chi connectivity index (χ0) is 21.5. The number of nitrogens with zero attached hydrogens (tertiary/aromatic N) is 3. The molecule has 2 aromatic carbocycles. The smallest absolute Gasteiger partial charge is 0.322 e. The van der Waals surface area contributed by atoms with Crippen LogP contribution in [0.25, 0.3) is 22.3 Å². The van der Waals surface area contributed by atoms with Crippen LogP contribution < -0.4 is 5.32 Å². The number of carbonyl (C=O) groups is 1. The highest BCUT2D eigenvalue weighted by Gasteiger charge is 2.30. The molecule has 1 N–H and O–H groups in total. The van der Waals surface area contributed by atoms with Crippen molar-refractivity contribution in [2.45, 2.75) is 6.18 Å². The molecule has 5 nitrogen and oxygen atoms in total. The number of aryl methyl sites for hydroxylation is 1. The van der Waals surface area contributed by atoms with Gasteiger partial charge in [0.15, 0.2) is 5.65 Å². The van der Waals surface area contributed by atoms with E-state index >= 15 is 0 Å². The first kappa shape index (κ1) is 19.6. The van der Waals surface area contributed by atoms with Crippen LogP contribution in [0.15, 0.2) is 60.8 Å². The summed E-state index contributed by atoms with van der Waals surface area (Å²) >= 11 is 0. The summed E-state index contributed by atoms with van der Waals surface area (Å²) in [4.78, 5) is 17.4. The van der Waals surface area contributed by atoms with Gasteiger partial charge in [-0.15, -0.1) is 0 Å². The number of halogens is 4. The van der Waals surface area contributed by atoms with Crippen molar-refractivity contribution < 1.29 is 22.4 Å². The number of hydrogen-bond donors (Lipinski definition) is 1. The fourth-order valence-corrected chi connectivity index (χ4v) is 3.04. The lowest BCUT2D eigenvalue weighted by Gasteiger charge is -2.11. The lowest BCUT2D eigenvalue weighted by molar-refractivity contribution is -0.137. The van der Waals surface area contributed by atoms with Gasteiger partial charge in [0, 0.05) is 18.3 Å². The number of hydrogen-bond acceptors (Lipinski definition) is 3. The summed E-state index contributed by atoms with van der Waals surface area (Å²) in [5.41, 5.74) is 0.712. The fourth-order valence-electron chi connectivity index (χ4n) is 3.04. The molecule has 0 atom stereocenters. The predicted octanol–water partition coefficient (Wildman–Crippen LogP) is 5.05. The summed E-state index contributed by atoms with van der Waals surface area (Å²) in [6.45, 7) is 0. The molecule has 0 aliphatic rings. The van der Waals surface area contributed by atoms with E-state index in [1.165, 1.54) is 53.3 Å². The zero-order valence-corrected chi connectivity index (χ0v) is 15.5. The van der Waals surface area contributed by atoms with Gasteiger partial charge in [-0.1, -0.05) is 6.07 Å². The van der Waals surface area contributed by atoms with Crippen molar-refractivity contribution in [2.75, 3.05) is 5.32 Å². The van der Waals surface area contributed by atoms with Crippen molar-refractivity contribution in [1.29, 1.82) is 0 Å². The molecular weight excluding hydrogens is 400 g/mol.